The maximum Gasteiger partial charge on any atom is 0.232 e. The van der Waals surface area contributed by atoms with Crippen molar-refractivity contribution >= 4 is 17.7 Å². The number of likely N-dealkylation sites (tertiary alicyclic amines) is 1. The molecule has 0 atom stereocenters. The van der Waals surface area contributed by atoms with Gasteiger partial charge in [0.1, 0.15) is 10.8 Å². The molecule has 1 fully saturated rings. The first-order chi connectivity index (χ1) is 11.7. The molecule has 0 radical (unpaired) electrons. The van der Waals surface area contributed by atoms with E-state index in [1.165, 1.54) is 11.8 Å². The Labute approximate surface area is 146 Å². The molecule has 6 heteroatoms. The Morgan fingerprint density at radius 1 is 1.21 bits per heavy atom. The summed E-state index contributed by atoms with van der Waals surface area (Å²) < 4.78 is 5.18. The van der Waals surface area contributed by atoms with Crippen molar-refractivity contribution in [2.24, 2.45) is 0 Å². The lowest BCUT2D eigenvalue weighted by atomic mass is 10.2. The standard InChI is InChI=1S/C18H21N3O2S/c1-13-11-16(24-12-17(22)21-9-3-4-10-21)20-18(19-13)14-5-7-15(23-2)8-6-14/h5-8,11H,3-4,9-10,12H2,1-2H3. The smallest absolute Gasteiger partial charge is 0.232 e. The molecule has 0 bridgehead atoms. The summed E-state index contributed by atoms with van der Waals surface area (Å²) in [6.45, 7) is 3.72. The summed E-state index contributed by atoms with van der Waals surface area (Å²) in [6, 6.07) is 9.60. The van der Waals surface area contributed by atoms with Gasteiger partial charge in [-0.3, -0.25) is 4.79 Å². The molecule has 3 rings (SSSR count). The van der Waals surface area contributed by atoms with Crippen LogP contribution in [0.2, 0.25) is 0 Å². The van der Waals surface area contributed by atoms with Crippen molar-refractivity contribution in [3.63, 3.8) is 0 Å². The Hall–Kier alpha value is -2.08. The van der Waals surface area contributed by atoms with E-state index in [2.05, 4.69) is 9.97 Å². The molecule has 2 heterocycles. The third-order valence-electron chi connectivity index (χ3n) is 3.98. The van der Waals surface area contributed by atoms with Crippen LogP contribution < -0.4 is 4.74 Å². The summed E-state index contributed by atoms with van der Waals surface area (Å²) in [5.74, 6) is 2.10. The Balaban J connectivity index is 1.72. The normalized spacial score (nSPS) is 14.0. The number of rotatable bonds is 5. The minimum absolute atomic E-state index is 0.194. The fraction of sp³-hybridized carbons (Fsp3) is 0.389. The molecule has 1 saturated heterocycles. The van der Waals surface area contributed by atoms with Gasteiger partial charge < -0.3 is 9.64 Å². The highest BCUT2D eigenvalue weighted by atomic mass is 32.2. The van der Waals surface area contributed by atoms with Crippen molar-refractivity contribution in [2.75, 3.05) is 26.0 Å². The highest BCUT2D eigenvalue weighted by Crippen LogP contribution is 2.24. The van der Waals surface area contributed by atoms with Crippen molar-refractivity contribution in [2.45, 2.75) is 24.8 Å². The molecule has 2 aromatic rings. The van der Waals surface area contributed by atoms with Crippen molar-refractivity contribution < 1.29 is 9.53 Å². The maximum absolute atomic E-state index is 12.2. The molecule has 1 aliphatic rings. The fourth-order valence-electron chi connectivity index (χ4n) is 2.68. The van der Waals surface area contributed by atoms with Gasteiger partial charge in [0.15, 0.2) is 5.82 Å². The van der Waals surface area contributed by atoms with Gasteiger partial charge in [-0.05, 0) is 50.1 Å². The lowest BCUT2D eigenvalue weighted by Gasteiger charge is -2.14. The number of hydrogen-bond acceptors (Lipinski definition) is 5. The van der Waals surface area contributed by atoms with Crippen LogP contribution in [0, 0.1) is 6.92 Å². The van der Waals surface area contributed by atoms with E-state index in [-0.39, 0.29) is 5.91 Å². The van der Waals surface area contributed by atoms with Gasteiger partial charge in [0.05, 0.1) is 12.9 Å². The van der Waals surface area contributed by atoms with E-state index >= 15 is 0 Å². The monoisotopic (exact) mass is 343 g/mol. The largest absolute Gasteiger partial charge is 0.497 e. The van der Waals surface area contributed by atoms with Crippen LogP contribution in [0.15, 0.2) is 35.4 Å². The number of methoxy groups -OCH3 is 1. The van der Waals surface area contributed by atoms with Gasteiger partial charge in [-0.25, -0.2) is 9.97 Å². The van der Waals surface area contributed by atoms with Crippen molar-refractivity contribution in [3.05, 3.63) is 36.0 Å². The number of aryl methyl sites for hydroxylation is 1. The molecule has 1 aromatic carbocycles. The number of nitrogens with zero attached hydrogens (tertiary/aromatic N) is 3. The van der Waals surface area contributed by atoms with E-state index in [1.54, 1.807) is 7.11 Å². The van der Waals surface area contributed by atoms with Gasteiger partial charge in [-0.1, -0.05) is 11.8 Å². The summed E-state index contributed by atoms with van der Waals surface area (Å²) in [4.78, 5) is 23.2. The number of thioether (sulfide) groups is 1. The molecule has 0 saturated carbocycles. The van der Waals surface area contributed by atoms with E-state index in [0.717, 1.165) is 48.0 Å². The number of hydrogen-bond donors (Lipinski definition) is 0. The van der Waals surface area contributed by atoms with Gasteiger partial charge >= 0.3 is 0 Å². The second-order valence-corrected chi connectivity index (χ2v) is 6.77. The van der Waals surface area contributed by atoms with Crippen LogP contribution in [0.1, 0.15) is 18.5 Å². The van der Waals surface area contributed by atoms with E-state index < -0.39 is 0 Å². The maximum atomic E-state index is 12.2. The summed E-state index contributed by atoms with van der Waals surface area (Å²) in [5, 5.41) is 0.834. The Morgan fingerprint density at radius 2 is 1.92 bits per heavy atom. The van der Waals surface area contributed by atoms with Crippen LogP contribution in [-0.4, -0.2) is 46.7 Å². The third kappa shape index (κ3) is 4.06. The lowest BCUT2D eigenvalue weighted by Crippen LogP contribution is -2.29. The highest BCUT2D eigenvalue weighted by Gasteiger charge is 2.18. The van der Waals surface area contributed by atoms with E-state index in [1.807, 2.05) is 42.2 Å². The molecule has 0 unspecified atom stereocenters. The van der Waals surface area contributed by atoms with Crippen molar-refractivity contribution in [3.8, 4) is 17.1 Å². The lowest BCUT2D eigenvalue weighted by molar-refractivity contribution is -0.127. The molecule has 0 spiro atoms. The predicted octanol–water partition coefficient (Wildman–Crippen LogP) is 3.18. The topological polar surface area (TPSA) is 55.3 Å². The van der Waals surface area contributed by atoms with E-state index in [9.17, 15) is 4.79 Å². The second kappa shape index (κ2) is 7.66. The predicted molar refractivity (Wildman–Crippen MR) is 95.3 cm³/mol. The average molecular weight is 343 g/mol. The van der Waals surface area contributed by atoms with E-state index in [4.69, 9.17) is 4.74 Å². The van der Waals surface area contributed by atoms with Gasteiger partial charge in [-0.15, -0.1) is 0 Å². The SMILES string of the molecule is COc1ccc(-c2nc(C)cc(SCC(=O)N3CCCC3)n2)cc1. The minimum Gasteiger partial charge on any atom is -0.497 e. The molecule has 5 nitrogen and oxygen atoms in total. The molecule has 24 heavy (non-hydrogen) atoms. The fourth-order valence-corrected chi connectivity index (χ4v) is 3.54. The van der Waals surface area contributed by atoms with Crippen LogP contribution in [0.25, 0.3) is 11.4 Å². The van der Waals surface area contributed by atoms with E-state index in [0.29, 0.717) is 11.6 Å². The number of carbonyl (C=O) groups is 1. The number of carbonyl (C=O) groups excluding carboxylic acids is 1. The second-order valence-electron chi connectivity index (χ2n) is 5.78. The van der Waals surface area contributed by atoms with Gasteiger partial charge in [-0.2, -0.15) is 0 Å². The summed E-state index contributed by atoms with van der Waals surface area (Å²) in [7, 11) is 1.64. The Morgan fingerprint density at radius 3 is 2.58 bits per heavy atom. The number of amides is 1. The third-order valence-corrected chi connectivity index (χ3v) is 4.88. The summed E-state index contributed by atoms with van der Waals surface area (Å²) in [5.41, 5.74) is 1.83. The quantitative estimate of drug-likeness (QED) is 0.616. The average Bonchev–Trinajstić information content (AvgIpc) is 3.14. The first-order valence-corrected chi connectivity index (χ1v) is 9.05. The molecule has 1 amide bonds. The molecule has 1 aliphatic heterocycles. The first-order valence-electron chi connectivity index (χ1n) is 8.06. The molecule has 0 N–H and O–H groups in total. The van der Waals surface area contributed by atoms with Crippen molar-refractivity contribution in [1.29, 1.82) is 0 Å². The van der Waals surface area contributed by atoms with Crippen molar-refractivity contribution in [1.82, 2.24) is 14.9 Å². The zero-order chi connectivity index (χ0) is 16.9. The highest BCUT2D eigenvalue weighted by molar-refractivity contribution is 7.99. The van der Waals surface area contributed by atoms with Crippen LogP contribution in [0.3, 0.4) is 0 Å². The summed E-state index contributed by atoms with van der Waals surface area (Å²) >= 11 is 1.48. The van der Waals surface area contributed by atoms with Crippen LogP contribution >= 0.6 is 11.8 Å². The molecule has 126 valence electrons. The number of ether oxygens (including phenoxy) is 1. The Bertz CT molecular complexity index is 713. The first kappa shape index (κ1) is 16.8. The number of aromatic nitrogens is 2. The van der Waals surface area contributed by atoms with Gasteiger partial charge in [0.2, 0.25) is 5.91 Å². The van der Waals surface area contributed by atoms with Crippen LogP contribution in [0.5, 0.6) is 5.75 Å². The molecular weight excluding hydrogens is 322 g/mol. The zero-order valence-electron chi connectivity index (χ0n) is 14.0. The minimum atomic E-state index is 0.194. The van der Waals surface area contributed by atoms with Crippen LogP contribution in [0.4, 0.5) is 0 Å². The molecule has 0 aliphatic carbocycles. The number of benzene rings is 1. The van der Waals surface area contributed by atoms with Gasteiger partial charge in [0.25, 0.3) is 0 Å². The zero-order valence-corrected chi connectivity index (χ0v) is 14.8. The summed E-state index contributed by atoms with van der Waals surface area (Å²) in [6.07, 6.45) is 2.23. The van der Waals surface area contributed by atoms with Crippen LogP contribution in [-0.2, 0) is 4.79 Å². The Kier molecular flexibility index (Phi) is 5.35. The molecular formula is C18H21N3O2S. The molecule has 1 aromatic heterocycles. The van der Waals surface area contributed by atoms with Gasteiger partial charge in [0, 0.05) is 24.3 Å².